The number of hydrogen-bond acceptors (Lipinski definition) is 1. The first-order valence-electron chi connectivity index (χ1n) is 4.27. The van der Waals surface area contributed by atoms with Gasteiger partial charge in [0.05, 0.1) is 0 Å². The zero-order valence-corrected chi connectivity index (χ0v) is 6.66. The van der Waals surface area contributed by atoms with Crippen molar-refractivity contribution in [2.45, 2.75) is 12.8 Å². The molecule has 1 aliphatic heterocycles. The summed E-state index contributed by atoms with van der Waals surface area (Å²) >= 11 is 0. The van der Waals surface area contributed by atoms with Crippen LogP contribution in [-0.2, 0) is 0 Å². The molecule has 0 spiro atoms. The molecule has 11 heavy (non-hydrogen) atoms. The molecule has 0 amide bonds. The van der Waals surface area contributed by atoms with E-state index in [4.69, 9.17) is 0 Å². The standard InChI is InChI=1S/C9H12BN/c1-2-6-10-9(5-1)11-7-3-4-8-11/h1-2,5-6H,3-4,7-8H2. The Hall–Kier alpha value is -0.785. The first-order valence-corrected chi connectivity index (χ1v) is 4.27. The molecule has 0 aromatic carbocycles. The summed E-state index contributed by atoms with van der Waals surface area (Å²) in [6.45, 7) is 4.67. The third-order valence-corrected chi connectivity index (χ3v) is 2.23. The van der Waals surface area contributed by atoms with E-state index in [-0.39, 0.29) is 0 Å². The molecule has 1 aromatic rings. The van der Waals surface area contributed by atoms with E-state index in [9.17, 15) is 0 Å². The second kappa shape index (κ2) is 3.08. The van der Waals surface area contributed by atoms with E-state index >= 15 is 0 Å². The van der Waals surface area contributed by atoms with Gasteiger partial charge in [0, 0.05) is 0 Å². The van der Waals surface area contributed by atoms with E-state index in [1.165, 1.54) is 31.5 Å². The molecule has 0 radical (unpaired) electrons. The average molecular weight is 145 g/mol. The van der Waals surface area contributed by atoms with Gasteiger partial charge in [-0.2, -0.15) is 0 Å². The van der Waals surface area contributed by atoms with Crippen LogP contribution in [0.15, 0.2) is 24.2 Å². The van der Waals surface area contributed by atoms with Crippen LogP contribution < -0.4 is 4.90 Å². The van der Waals surface area contributed by atoms with Gasteiger partial charge in [-0.25, -0.2) is 0 Å². The second-order valence-corrected chi connectivity index (χ2v) is 3.03. The predicted octanol–water partition coefficient (Wildman–Crippen LogP) is 1.62. The fourth-order valence-electron chi connectivity index (χ4n) is 1.61. The molecule has 1 aliphatic rings. The second-order valence-electron chi connectivity index (χ2n) is 3.03. The molecular weight excluding hydrogens is 133 g/mol. The summed E-state index contributed by atoms with van der Waals surface area (Å²) in [6, 6.07) is 6.36. The molecule has 0 aliphatic carbocycles. The molecule has 0 atom stereocenters. The maximum atomic E-state index is 2.44. The number of nitrogens with zero attached hydrogens (tertiary/aromatic N) is 1. The van der Waals surface area contributed by atoms with Gasteiger partial charge in [0.15, 0.2) is 0 Å². The Morgan fingerprint density at radius 3 is 2.64 bits per heavy atom. The molecule has 1 saturated heterocycles. The summed E-state index contributed by atoms with van der Waals surface area (Å²) in [6.07, 6.45) is 2.71. The zero-order chi connectivity index (χ0) is 7.52. The van der Waals surface area contributed by atoms with Crippen LogP contribution in [0.1, 0.15) is 12.8 Å². The molecule has 1 nitrogen and oxygen atoms in total. The van der Waals surface area contributed by atoms with Crippen molar-refractivity contribution in [2.24, 2.45) is 0 Å². The summed E-state index contributed by atoms with van der Waals surface area (Å²) in [7, 11) is 0. The number of anilines is 1. The van der Waals surface area contributed by atoms with E-state index in [0.29, 0.717) is 0 Å². The monoisotopic (exact) mass is 145 g/mol. The summed E-state index contributed by atoms with van der Waals surface area (Å²) in [5.41, 5.74) is 1.38. The molecule has 2 heterocycles. The van der Waals surface area contributed by atoms with Crippen LogP contribution in [0.25, 0.3) is 0 Å². The van der Waals surface area contributed by atoms with E-state index in [1.54, 1.807) is 0 Å². The fourth-order valence-corrected chi connectivity index (χ4v) is 1.61. The average Bonchev–Trinajstić information content (AvgIpc) is 2.58. The van der Waals surface area contributed by atoms with E-state index in [0.717, 1.165) is 0 Å². The molecule has 0 bridgehead atoms. The number of hydrogen-bond donors (Lipinski definition) is 0. The molecule has 2 heteroatoms. The summed E-state index contributed by atoms with van der Waals surface area (Å²) in [5.74, 6) is 2.10. The van der Waals surface area contributed by atoms with Gasteiger partial charge in [-0.1, -0.05) is 0 Å². The van der Waals surface area contributed by atoms with Gasteiger partial charge in [-0.3, -0.25) is 0 Å². The Labute approximate surface area is 68.2 Å². The van der Waals surface area contributed by atoms with Crippen molar-refractivity contribution < 1.29 is 0 Å². The van der Waals surface area contributed by atoms with E-state index < -0.39 is 0 Å². The third kappa shape index (κ3) is 1.45. The van der Waals surface area contributed by atoms with Crippen molar-refractivity contribution >= 4 is 12.5 Å². The van der Waals surface area contributed by atoms with Crippen molar-refractivity contribution in [3.63, 3.8) is 0 Å². The molecule has 0 saturated carbocycles. The third-order valence-electron chi connectivity index (χ3n) is 2.23. The summed E-state index contributed by atoms with van der Waals surface area (Å²) < 4.78 is 0. The number of rotatable bonds is 1. The van der Waals surface area contributed by atoms with Crippen molar-refractivity contribution in [2.75, 3.05) is 18.0 Å². The Balaban J connectivity index is 2.16. The van der Waals surface area contributed by atoms with Crippen molar-refractivity contribution in [1.82, 2.24) is 0 Å². The Bertz CT molecular complexity index is 216. The molecule has 2 rings (SSSR count). The van der Waals surface area contributed by atoms with Crippen LogP contribution in [0.4, 0.5) is 5.58 Å². The zero-order valence-electron chi connectivity index (χ0n) is 6.66. The fraction of sp³-hybridized carbons (Fsp3) is 0.444. The van der Waals surface area contributed by atoms with Gasteiger partial charge < -0.3 is 0 Å². The topological polar surface area (TPSA) is 3.24 Å². The maximum absolute atomic E-state index is 2.44. The van der Waals surface area contributed by atoms with Crippen molar-refractivity contribution in [3.8, 4) is 0 Å². The quantitative estimate of drug-likeness (QED) is 0.580. The van der Waals surface area contributed by atoms with Gasteiger partial charge in [0.1, 0.15) is 0 Å². The molecule has 0 unspecified atom stereocenters. The molecule has 0 N–H and O–H groups in total. The van der Waals surface area contributed by atoms with Gasteiger partial charge in [-0.15, -0.1) is 0 Å². The van der Waals surface area contributed by atoms with Gasteiger partial charge in [0.2, 0.25) is 0 Å². The van der Waals surface area contributed by atoms with Crippen LogP contribution in [0.2, 0.25) is 0 Å². The van der Waals surface area contributed by atoms with Crippen LogP contribution in [0.5, 0.6) is 0 Å². The van der Waals surface area contributed by atoms with Crippen LogP contribution >= 0.6 is 0 Å². The molecule has 1 fully saturated rings. The van der Waals surface area contributed by atoms with Crippen LogP contribution in [-0.4, -0.2) is 20.0 Å². The minimum absolute atomic E-state index is 1.24. The van der Waals surface area contributed by atoms with Crippen LogP contribution in [0.3, 0.4) is 0 Å². The van der Waals surface area contributed by atoms with Crippen LogP contribution in [0, 0.1) is 0 Å². The molecule has 1 aromatic heterocycles. The first kappa shape index (κ1) is 6.90. The first-order chi connectivity index (χ1) is 5.47. The van der Waals surface area contributed by atoms with Crippen molar-refractivity contribution in [3.05, 3.63) is 24.2 Å². The van der Waals surface area contributed by atoms with Crippen molar-refractivity contribution in [1.29, 1.82) is 0 Å². The SMILES string of the molecule is b1ccccc1N1CCCC1. The minimum atomic E-state index is 1.24. The Morgan fingerprint density at radius 1 is 1.18 bits per heavy atom. The van der Waals surface area contributed by atoms with E-state index in [2.05, 4.69) is 36.0 Å². The Kier molecular flexibility index (Phi) is 1.93. The van der Waals surface area contributed by atoms with Gasteiger partial charge in [0.25, 0.3) is 0 Å². The molecule has 56 valence electrons. The van der Waals surface area contributed by atoms with Gasteiger partial charge in [-0.05, 0) is 0 Å². The summed E-state index contributed by atoms with van der Waals surface area (Å²) in [4.78, 5) is 2.44. The van der Waals surface area contributed by atoms with Gasteiger partial charge >= 0.3 is 67.5 Å². The normalized spacial score (nSPS) is 16.9. The summed E-state index contributed by atoms with van der Waals surface area (Å²) in [5, 5.41) is 0. The Morgan fingerprint density at radius 2 is 2.00 bits per heavy atom. The predicted molar refractivity (Wildman–Crippen MR) is 49.2 cm³/mol. The van der Waals surface area contributed by atoms with E-state index in [1.807, 2.05) is 0 Å². The molecular formula is C9H12BN.